The molecular formula is C19H22N2O2S. The van der Waals surface area contributed by atoms with Crippen molar-refractivity contribution in [3.8, 4) is 0 Å². The van der Waals surface area contributed by atoms with Gasteiger partial charge in [-0.2, -0.15) is 0 Å². The zero-order valence-corrected chi connectivity index (χ0v) is 15.1. The highest BCUT2D eigenvalue weighted by Crippen LogP contribution is 2.30. The first kappa shape index (κ1) is 17.0. The molecule has 0 N–H and O–H groups in total. The van der Waals surface area contributed by atoms with E-state index in [4.69, 9.17) is 4.74 Å². The number of amides is 1. The van der Waals surface area contributed by atoms with Crippen LogP contribution >= 0.6 is 11.8 Å². The van der Waals surface area contributed by atoms with Crippen molar-refractivity contribution >= 4 is 17.7 Å². The minimum absolute atomic E-state index is 0.0320. The molecule has 1 aliphatic rings. The molecule has 1 aromatic heterocycles. The summed E-state index contributed by atoms with van der Waals surface area (Å²) in [4.78, 5) is 20.3. The SMILES string of the molecule is Cc1ccc(Sc2ncccc2C(=O)N2CCO[C@H](C)C2)cc1C. The third-order valence-electron chi connectivity index (χ3n) is 4.22. The van der Waals surface area contributed by atoms with E-state index in [9.17, 15) is 4.79 Å². The minimum atomic E-state index is 0.0320. The van der Waals surface area contributed by atoms with Crippen molar-refractivity contribution in [1.82, 2.24) is 9.88 Å². The summed E-state index contributed by atoms with van der Waals surface area (Å²) in [5.74, 6) is 0.0320. The molecule has 1 aliphatic heterocycles. The fourth-order valence-corrected chi connectivity index (χ4v) is 3.67. The second-order valence-corrected chi connectivity index (χ2v) is 7.20. The molecule has 0 aliphatic carbocycles. The molecule has 0 radical (unpaired) electrons. The minimum Gasteiger partial charge on any atom is -0.375 e. The van der Waals surface area contributed by atoms with Gasteiger partial charge in [-0.3, -0.25) is 4.79 Å². The van der Waals surface area contributed by atoms with Crippen LogP contribution in [0.25, 0.3) is 0 Å². The van der Waals surface area contributed by atoms with Gasteiger partial charge >= 0.3 is 0 Å². The van der Waals surface area contributed by atoms with E-state index in [1.165, 1.54) is 11.1 Å². The molecule has 4 nitrogen and oxygen atoms in total. The van der Waals surface area contributed by atoms with Crippen molar-refractivity contribution in [2.75, 3.05) is 19.7 Å². The lowest BCUT2D eigenvalue weighted by Gasteiger charge is -2.31. The molecule has 1 atom stereocenters. The molecule has 0 spiro atoms. The summed E-state index contributed by atoms with van der Waals surface area (Å²) in [5, 5.41) is 0.755. The van der Waals surface area contributed by atoms with Gasteiger partial charge in [-0.05, 0) is 56.2 Å². The first-order valence-corrected chi connectivity index (χ1v) is 8.97. The Balaban J connectivity index is 1.84. The first-order valence-electron chi connectivity index (χ1n) is 8.15. The maximum Gasteiger partial charge on any atom is 0.256 e. The van der Waals surface area contributed by atoms with Crippen LogP contribution < -0.4 is 0 Å². The Morgan fingerprint density at radius 3 is 2.88 bits per heavy atom. The normalized spacial score (nSPS) is 17.8. The Labute approximate surface area is 147 Å². The predicted molar refractivity (Wildman–Crippen MR) is 95.6 cm³/mol. The molecule has 0 unspecified atom stereocenters. The second-order valence-electron chi connectivity index (χ2n) is 6.14. The van der Waals surface area contributed by atoms with Gasteiger partial charge in [0.05, 0.1) is 18.3 Å². The summed E-state index contributed by atoms with van der Waals surface area (Å²) in [6.07, 6.45) is 1.82. The third-order valence-corrected chi connectivity index (χ3v) is 5.23. The number of aromatic nitrogens is 1. The lowest BCUT2D eigenvalue weighted by atomic mass is 10.1. The number of aryl methyl sites for hydroxylation is 2. The van der Waals surface area contributed by atoms with Crippen LogP contribution in [0, 0.1) is 13.8 Å². The number of rotatable bonds is 3. The number of hydrogen-bond donors (Lipinski definition) is 0. The van der Waals surface area contributed by atoms with Gasteiger partial charge in [-0.1, -0.05) is 17.8 Å². The summed E-state index contributed by atoms with van der Waals surface area (Å²) in [7, 11) is 0. The van der Waals surface area contributed by atoms with E-state index in [0.717, 1.165) is 9.92 Å². The van der Waals surface area contributed by atoms with Gasteiger partial charge in [0.1, 0.15) is 5.03 Å². The Bertz CT molecular complexity index is 748. The molecule has 0 saturated carbocycles. The second kappa shape index (κ2) is 7.36. The molecule has 5 heteroatoms. The third kappa shape index (κ3) is 3.79. The van der Waals surface area contributed by atoms with Crippen LogP contribution in [0.5, 0.6) is 0 Å². The molecule has 1 aromatic carbocycles. The Hall–Kier alpha value is -1.85. The number of ether oxygens (including phenoxy) is 1. The molecule has 1 fully saturated rings. The van der Waals surface area contributed by atoms with Crippen LogP contribution in [0.15, 0.2) is 46.5 Å². The van der Waals surface area contributed by atoms with Crippen LogP contribution in [-0.2, 0) is 4.74 Å². The topological polar surface area (TPSA) is 42.4 Å². The largest absolute Gasteiger partial charge is 0.375 e. The van der Waals surface area contributed by atoms with E-state index in [1.807, 2.05) is 24.0 Å². The number of pyridine rings is 1. The molecule has 2 heterocycles. The van der Waals surface area contributed by atoms with E-state index in [-0.39, 0.29) is 12.0 Å². The number of carbonyl (C=O) groups excluding carboxylic acids is 1. The van der Waals surface area contributed by atoms with Gasteiger partial charge in [0.15, 0.2) is 0 Å². The molecule has 126 valence electrons. The van der Waals surface area contributed by atoms with Crippen molar-refractivity contribution in [3.05, 3.63) is 53.2 Å². The van der Waals surface area contributed by atoms with E-state index in [1.54, 1.807) is 18.0 Å². The van der Waals surface area contributed by atoms with Gasteiger partial charge in [0.2, 0.25) is 0 Å². The van der Waals surface area contributed by atoms with Gasteiger partial charge in [0, 0.05) is 24.2 Å². The van der Waals surface area contributed by atoms with E-state index in [0.29, 0.717) is 25.3 Å². The average molecular weight is 342 g/mol. The zero-order chi connectivity index (χ0) is 17.1. The summed E-state index contributed by atoms with van der Waals surface area (Å²) >= 11 is 1.54. The van der Waals surface area contributed by atoms with Crippen molar-refractivity contribution < 1.29 is 9.53 Å². The Kier molecular flexibility index (Phi) is 5.21. The number of carbonyl (C=O) groups is 1. The van der Waals surface area contributed by atoms with E-state index in [2.05, 4.69) is 37.0 Å². The van der Waals surface area contributed by atoms with Crippen molar-refractivity contribution in [2.24, 2.45) is 0 Å². The van der Waals surface area contributed by atoms with Crippen molar-refractivity contribution in [1.29, 1.82) is 0 Å². The zero-order valence-electron chi connectivity index (χ0n) is 14.3. The lowest BCUT2D eigenvalue weighted by molar-refractivity contribution is -0.0125. The predicted octanol–water partition coefficient (Wildman–Crippen LogP) is 3.71. The molecule has 2 aromatic rings. The highest BCUT2D eigenvalue weighted by atomic mass is 32.2. The summed E-state index contributed by atoms with van der Waals surface area (Å²) in [6, 6.07) is 10.00. The fourth-order valence-electron chi connectivity index (χ4n) is 2.70. The highest BCUT2D eigenvalue weighted by Gasteiger charge is 2.24. The van der Waals surface area contributed by atoms with Gasteiger partial charge in [-0.15, -0.1) is 0 Å². The number of hydrogen-bond acceptors (Lipinski definition) is 4. The summed E-state index contributed by atoms with van der Waals surface area (Å²) in [5.41, 5.74) is 3.17. The van der Waals surface area contributed by atoms with Crippen LogP contribution in [0.4, 0.5) is 0 Å². The molecule has 24 heavy (non-hydrogen) atoms. The summed E-state index contributed by atoms with van der Waals surface area (Å²) < 4.78 is 5.53. The van der Waals surface area contributed by atoms with Crippen LogP contribution in [0.1, 0.15) is 28.4 Å². The van der Waals surface area contributed by atoms with Crippen molar-refractivity contribution in [2.45, 2.75) is 36.8 Å². The Morgan fingerprint density at radius 1 is 1.29 bits per heavy atom. The van der Waals surface area contributed by atoms with Crippen molar-refractivity contribution in [3.63, 3.8) is 0 Å². The van der Waals surface area contributed by atoms with Gasteiger partial charge in [0.25, 0.3) is 5.91 Å². The Morgan fingerprint density at radius 2 is 2.12 bits per heavy atom. The number of morpholine rings is 1. The van der Waals surface area contributed by atoms with Crippen LogP contribution in [0.2, 0.25) is 0 Å². The quantitative estimate of drug-likeness (QED) is 0.853. The standard InChI is InChI=1S/C19H22N2O2S/c1-13-6-7-16(11-14(13)2)24-18-17(5-4-8-20-18)19(22)21-9-10-23-15(3)12-21/h4-8,11,15H,9-10,12H2,1-3H3/t15-/m1/s1. The fraction of sp³-hybridized carbons (Fsp3) is 0.368. The first-order chi connectivity index (χ1) is 11.5. The average Bonchev–Trinajstić information content (AvgIpc) is 2.58. The molecule has 1 saturated heterocycles. The monoisotopic (exact) mass is 342 g/mol. The van der Waals surface area contributed by atoms with E-state index < -0.39 is 0 Å². The van der Waals surface area contributed by atoms with Gasteiger partial charge in [-0.25, -0.2) is 4.98 Å². The smallest absolute Gasteiger partial charge is 0.256 e. The molecular weight excluding hydrogens is 320 g/mol. The molecule has 0 bridgehead atoms. The lowest BCUT2D eigenvalue weighted by Crippen LogP contribution is -2.44. The highest BCUT2D eigenvalue weighted by molar-refractivity contribution is 7.99. The molecule has 3 rings (SSSR count). The maximum absolute atomic E-state index is 12.9. The molecule has 1 amide bonds. The number of nitrogens with zero attached hydrogens (tertiary/aromatic N) is 2. The van der Waals surface area contributed by atoms with Gasteiger partial charge < -0.3 is 9.64 Å². The number of benzene rings is 1. The van der Waals surface area contributed by atoms with Crippen LogP contribution in [-0.4, -0.2) is 41.6 Å². The summed E-state index contributed by atoms with van der Waals surface area (Å²) in [6.45, 7) is 8.03. The van der Waals surface area contributed by atoms with E-state index >= 15 is 0 Å². The van der Waals surface area contributed by atoms with Crippen LogP contribution in [0.3, 0.4) is 0 Å². The maximum atomic E-state index is 12.9.